The van der Waals surface area contributed by atoms with Crippen molar-refractivity contribution in [2.75, 3.05) is 0 Å². The molecule has 0 aliphatic rings. The van der Waals surface area contributed by atoms with E-state index in [2.05, 4.69) is 12.2 Å². The van der Waals surface area contributed by atoms with E-state index in [4.69, 9.17) is 5.11 Å². The van der Waals surface area contributed by atoms with Gasteiger partial charge >= 0.3 is 12.0 Å². The lowest BCUT2D eigenvalue weighted by molar-refractivity contribution is 0.0697. The Kier molecular flexibility index (Phi) is 6.57. The molecule has 2 amide bonds. The SMILES string of the molecule is CCC(C)N(Cc1ccccc1)C(=O)NCc1ccc(C(=O)O)cc1. The fourth-order valence-electron chi connectivity index (χ4n) is 2.47. The molecule has 0 radical (unpaired) electrons. The van der Waals surface area contributed by atoms with Crippen LogP contribution in [0.5, 0.6) is 0 Å². The second-order valence-corrected chi connectivity index (χ2v) is 6.03. The van der Waals surface area contributed by atoms with Crippen molar-refractivity contribution in [3.63, 3.8) is 0 Å². The van der Waals surface area contributed by atoms with Gasteiger partial charge in [0.2, 0.25) is 0 Å². The maximum absolute atomic E-state index is 12.6. The summed E-state index contributed by atoms with van der Waals surface area (Å²) in [5.41, 5.74) is 2.19. The van der Waals surface area contributed by atoms with Gasteiger partial charge in [0, 0.05) is 19.1 Å². The summed E-state index contributed by atoms with van der Waals surface area (Å²) in [4.78, 5) is 25.3. The van der Waals surface area contributed by atoms with E-state index in [1.54, 1.807) is 24.3 Å². The van der Waals surface area contributed by atoms with E-state index < -0.39 is 5.97 Å². The van der Waals surface area contributed by atoms with Crippen LogP contribution in [-0.4, -0.2) is 28.0 Å². The molecule has 0 aromatic heterocycles. The van der Waals surface area contributed by atoms with Crippen molar-refractivity contribution in [1.82, 2.24) is 10.2 Å². The van der Waals surface area contributed by atoms with Crippen LogP contribution in [0.1, 0.15) is 41.8 Å². The van der Waals surface area contributed by atoms with Crippen molar-refractivity contribution in [2.24, 2.45) is 0 Å². The first-order valence-corrected chi connectivity index (χ1v) is 8.42. The van der Waals surface area contributed by atoms with Gasteiger partial charge in [0.25, 0.3) is 0 Å². The predicted molar refractivity (Wildman–Crippen MR) is 97.4 cm³/mol. The molecule has 0 aliphatic heterocycles. The standard InChI is InChI=1S/C20H24N2O3/c1-3-15(2)22(14-17-7-5-4-6-8-17)20(25)21-13-16-9-11-18(12-10-16)19(23)24/h4-12,15H,3,13-14H2,1-2H3,(H,21,25)(H,23,24). The van der Waals surface area contributed by atoms with Crippen molar-refractivity contribution >= 4 is 12.0 Å². The molecule has 0 fully saturated rings. The van der Waals surface area contributed by atoms with E-state index >= 15 is 0 Å². The van der Waals surface area contributed by atoms with E-state index in [1.807, 2.05) is 42.2 Å². The number of carbonyl (C=O) groups is 2. The first-order chi connectivity index (χ1) is 12.0. The fraction of sp³-hybridized carbons (Fsp3) is 0.300. The van der Waals surface area contributed by atoms with E-state index in [9.17, 15) is 9.59 Å². The van der Waals surface area contributed by atoms with Crippen LogP contribution >= 0.6 is 0 Å². The molecule has 2 aromatic carbocycles. The quantitative estimate of drug-likeness (QED) is 0.803. The summed E-state index contributed by atoms with van der Waals surface area (Å²) in [6, 6.07) is 16.4. The second kappa shape index (κ2) is 8.87. The normalized spacial score (nSPS) is 11.6. The minimum atomic E-state index is -0.957. The average Bonchev–Trinajstić information content (AvgIpc) is 2.64. The highest BCUT2D eigenvalue weighted by molar-refractivity contribution is 5.87. The van der Waals surface area contributed by atoms with Gasteiger partial charge in [0.1, 0.15) is 0 Å². The van der Waals surface area contributed by atoms with Crippen LogP contribution in [0.2, 0.25) is 0 Å². The van der Waals surface area contributed by atoms with Crippen LogP contribution in [0, 0.1) is 0 Å². The number of benzene rings is 2. The lowest BCUT2D eigenvalue weighted by Gasteiger charge is -2.29. The molecular formula is C20H24N2O3. The van der Waals surface area contributed by atoms with Gasteiger partial charge in [-0.05, 0) is 36.6 Å². The van der Waals surface area contributed by atoms with Crippen LogP contribution < -0.4 is 5.32 Å². The summed E-state index contributed by atoms with van der Waals surface area (Å²) in [5, 5.41) is 11.8. The Hall–Kier alpha value is -2.82. The summed E-state index contributed by atoms with van der Waals surface area (Å²) in [6.45, 7) is 5.00. The maximum atomic E-state index is 12.6. The molecular weight excluding hydrogens is 316 g/mol. The summed E-state index contributed by atoms with van der Waals surface area (Å²) in [7, 11) is 0. The minimum Gasteiger partial charge on any atom is -0.478 e. The molecule has 2 rings (SSSR count). The van der Waals surface area contributed by atoms with Crippen LogP contribution in [0.15, 0.2) is 54.6 Å². The number of nitrogens with one attached hydrogen (secondary N) is 1. The third-order valence-electron chi connectivity index (χ3n) is 4.22. The third kappa shape index (κ3) is 5.35. The average molecular weight is 340 g/mol. The minimum absolute atomic E-state index is 0.120. The maximum Gasteiger partial charge on any atom is 0.335 e. The van der Waals surface area contributed by atoms with Crippen LogP contribution in [0.25, 0.3) is 0 Å². The molecule has 5 heteroatoms. The van der Waals surface area contributed by atoms with Crippen molar-refractivity contribution in [3.05, 3.63) is 71.3 Å². The van der Waals surface area contributed by atoms with Crippen molar-refractivity contribution in [1.29, 1.82) is 0 Å². The van der Waals surface area contributed by atoms with Gasteiger partial charge < -0.3 is 15.3 Å². The topological polar surface area (TPSA) is 69.6 Å². The van der Waals surface area contributed by atoms with Crippen molar-refractivity contribution in [2.45, 2.75) is 39.4 Å². The molecule has 0 saturated heterocycles. The number of nitrogens with zero attached hydrogens (tertiary/aromatic N) is 1. The Morgan fingerprint density at radius 1 is 1.04 bits per heavy atom. The van der Waals surface area contributed by atoms with E-state index in [0.29, 0.717) is 13.1 Å². The summed E-state index contributed by atoms with van der Waals surface area (Å²) >= 11 is 0. The van der Waals surface area contributed by atoms with E-state index in [1.165, 1.54) is 0 Å². The molecule has 1 unspecified atom stereocenters. The molecule has 0 saturated carbocycles. The molecule has 2 aromatic rings. The van der Waals surface area contributed by atoms with Gasteiger partial charge in [0.15, 0.2) is 0 Å². The number of carboxylic acid groups (broad SMARTS) is 1. The smallest absolute Gasteiger partial charge is 0.335 e. The number of urea groups is 1. The number of rotatable bonds is 7. The van der Waals surface area contributed by atoms with Gasteiger partial charge in [-0.25, -0.2) is 9.59 Å². The zero-order valence-corrected chi connectivity index (χ0v) is 14.6. The molecule has 1 atom stereocenters. The van der Waals surface area contributed by atoms with Crippen molar-refractivity contribution < 1.29 is 14.7 Å². The summed E-state index contributed by atoms with van der Waals surface area (Å²) < 4.78 is 0. The Morgan fingerprint density at radius 2 is 1.68 bits per heavy atom. The Bertz CT molecular complexity index is 699. The fourth-order valence-corrected chi connectivity index (χ4v) is 2.47. The number of aromatic carboxylic acids is 1. The summed E-state index contributed by atoms with van der Waals surface area (Å²) in [5.74, 6) is -0.957. The third-order valence-corrected chi connectivity index (χ3v) is 4.22. The molecule has 0 aliphatic carbocycles. The molecule has 0 bridgehead atoms. The Labute approximate surface area is 148 Å². The molecule has 0 spiro atoms. The van der Waals surface area contributed by atoms with Gasteiger partial charge in [0.05, 0.1) is 5.56 Å². The number of carboxylic acids is 1. The zero-order valence-electron chi connectivity index (χ0n) is 14.6. The van der Waals surface area contributed by atoms with Crippen LogP contribution in [0.3, 0.4) is 0 Å². The first kappa shape index (κ1) is 18.5. The van der Waals surface area contributed by atoms with Gasteiger partial charge in [-0.1, -0.05) is 49.4 Å². The van der Waals surface area contributed by atoms with E-state index in [0.717, 1.165) is 17.5 Å². The number of hydrogen-bond donors (Lipinski definition) is 2. The largest absolute Gasteiger partial charge is 0.478 e. The van der Waals surface area contributed by atoms with Gasteiger partial charge in [-0.3, -0.25) is 0 Å². The molecule has 132 valence electrons. The lowest BCUT2D eigenvalue weighted by Crippen LogP contribution is -2.44. The van der Waals surface area contributed by atoms with E-state index in [-0.39, 0.29) is 17.6 Å². The highest BCUT2D eigenvalue weighted by Crippen LogP contribution is 2.11. The Balaban J connectivity index is 2.00. The van der Waals surface area contributed by atoms with Gasteiger partial charge in [-0.2, -0.15) is 0 Å². The molecule has 5 nitrogen and oxygen atoms in total. The lowest BCUT2D eigenvalue weighted by atomic mass is 10.1. The number of amides is 2. The van der Waals surface area contributed by atoms with Crippen LogP contribution in [0.4, 0.5) is 4.79 Å². The molecule has 0 heterocycles. The molecule has 25 heavy (non-hydrogen) atoms. The van der Waals surface area contributed by atoms with Crippen molar-refractivity contribution in [3.8, 4) is 0 Å². The monoisotopic (exact) mass is 340 g/mol. The van der Waals surface area contributed by atoms with Gasteiger partial charge in [-0.15, -0.1) is 0 Å². The highest BCUT2D eigenvalue weighted by atomic mass is 16.4. The highest BCUT2D eigenvalue weighted by Gasteiger charge is 2.19. The summed E-state index contributed by atoms with van der Waals surface area (Å²) in [6.07, 6.45) is 0.869. The number of carbonyl (C=O) groups excluding carboxylic acids is 1. The van der Waals surface area contributed by atoms with Crippen LogP contribution in [-0.2, 0) is 13.1 Å². The number of hydrogen-bond acceptors (Lipinski definition) is 2. The second-order valence-electron chi connectivity index (χ2n) is 6.03. The first-order valence-electron chi connectivity index (χ1n) is 8.42. The zero-order chi connectivity index (χ0) is 18.2. The Morgan fingerprint density at radius 3 is 2.24 bits per heavy atom. The predicted octanol–water partition coefficient (Wildman–Crippen LogP) is 3.90. The molecule has 2 N–H and O–H groups in total.